The van der Waals surface area contributed by atoms with E-state index in [9.17, 15) is 5.53 Å². The molecule has 3 heteroatoms. The summed E-state index contributed by atoms with van der Waals surface area (Å²) in [6.45, 7) is 13.8. The van der Waals surface area contributed by atoms with Crippen molar-refractivity contribution in [1.82, 2.24) is 0 Å². The molecule has 0 radical (unpaired) electrons. The SMILES string of the molecule is CCCCCCCCCCCCCCCCCCCCCC1=C(c2cc(CCCC)cc(CCCC)c2)[N+](=[N-])C(c2cc(CCCC)cc(CCCC)c2)=C1CCCC.[CH3-].[CH3-].[Ni+2]. The van der Waals surface area contributed by atoms with Crippen LogP contribution < -0.4 is 0 Å². The maximum Gasteiger partial charge on any atom is 2.00 e. The Hall–Kier alpha value is -1.99. The molecule has 62 heavy (non-hydrogen) atoms. The van der Waals surface area contributed by atoms with Gasteiger partial charge in [0.25, 0.3) is 0 Å². The second-order valence-corrected chi connectivity index (χ2v) is 18.7. The fraction of sp³-hybridized carbons (Fsp3) is 0.695. The molecule has 1 aliphatic rings. The predicted molar refractivity (Wildman–Crippen MR) is 275 cm³/mol. The van der Waals surface area contributed by atoms with Crippen LogP contribution in [-0.4, -0.2) is 4.70 Å². The van der Waals surface area contributed by atoms with Crippen LogP contribution in [0.5, 0.6) is 0 Å². The van der Waals surface area contributed by atoms with Crippen LogP contribution in [0.2, 0.25) is 0 Å². The summed E-state index contributed by atoms with van der Waals surface area (Å²) in [5.74, 6) is 0. The van der Waals surface area contributed by atoms with Gasteiger partial charge in [-0.3, -0.25) is 0 Å². The number of hydrogen-bond acceptors (Lipinski definition) is 0. The minimum atomic E-state index is 0. The average molecular weight is 896 g/mol. The number of unbranched alkanes of at least 4 members (excludes halogenated alkanes) is 23. The molecule has 3 rings (SSSR count). The van der Waals surface area contributed by atoms with Crippen LogP contribution in [0, 0.1) is 14.9 Å². The third-order valence-corrected chi connectivity index (χ3v) is 13.1. The first-order valence-electron chi connectivity index (χ1n) is 26.2. The molecule has 1 aliphatic heterocycles. The Morgan fingerprint density at radius 1 is 0.306 bits per heavy atom. The van der Waals surface area contributed by atoms with Gasteiger partial charge in [0.2, 0.25) is 11.4 Å². The first kappa shape index (κ1) is 60.0. The topological polar surface area (TPSA) is 25.3 Å². The van der Waals surface area contributed by atoms with Crippen molar-refractivity contribution in [3.05, 3.63) is 101 Å². The Morgan fingerprint density at radius 2 is 0.532 bits per heavy atom. The predicted octanol–water partition coefficient (Wildman–Crippen LogP) is 20.1. The number of rotatable bonds is 37. The van der Waals surface area contributed by atoms with Crippen molar-refractivity contribution < 1.29 is 21.2 Å². The minimum Gasteiger partial charge on any atom is -0.493 e. The molecule has 2 aromatic carbocycles. The normalized spacial score (nSPS) is 12.5. The molecule has 0 unspecified atom stereocenters. The average Bonchev–Trinajstić information content (AvgIpc) is 3.53. The quantitative estimate of drug-likeness (QED) is 0.0279. The third kappa shape index (κ3) is 22.8. The Kier molecular flexibility index (Phi) is 37.1. The Bertz CT molecular complexity index is 1440. The van der Waals surface area contributed by atoms with Gasteiger partial charge in [-0.1, -0.05) is 201 Å². The van der Waals surface area contributed by atoms with Crippen LogP contribution in [0.25, 0.3) is 16.9 Å². The van der Waals surface area contributed by atoms with Crippen molar-refractivity contribution in [2.75, 3.05) is 0 Å². The van der Waals surface area contributed by atoms with E-state index >= 15 is 0 Å². The van der Waals surface area contributed by atoms with Gasteiger partial charge in [-0.25, -0.2) is 4.70 Å². The molecule has 2 aromatic rings. The van der Waals surface area contributed by atoms with Crippen molar-refractivity contribution >= 4 is 11.4 Å². The number of benzene rings is 2. The number of allylic oxidation sites excluding steroid dienone is 2. The summed E-state index contributed by atoms with van der Waals surface area (Å²) in [6.07, 6.45) is 45.2. The van der Waals surface area contributed by atoms with Gasteiger partial charge in [0.15, 0.2) is 0 Å². The van der Waals surface area contributed by atoms with E-state index in [1.165, 1.54) is 218 Å². The molecule has 0 amide bonds. The van der Waals surface area contributed by atoms with Gasteiger partial charge in [0, 0.05) is 22.3 Å². The van der Waals surface area contributed by atoms with Gasteiger partial charge in [-0.2, -0.15) is 0 Å². The van der Waals surface area contributed by atoms with E-state index in [0.29, 0.717) is 0 Å². The van der Waals surface area contributed by atoms with Crippen LogP contribution in [0.15, 0.2) is 47.5 Å². The molecule has 0 atom stereocenters. The van der Waals surface area contributed by atoms with E-state index in [1.807, 2.05) is 0 Å². The largest absolute Gasteiger partial charge is 2.00 e. The van der Waals surface area contributed by atoms with Crippen LogP contribution in [0.1, 0.15) is 274 Å². The summed E-state index contributed by atoms with van der Waals surface area (Å²) in [5, 5.41) is 0. The maximum atomic E-state index is 12.6. The molecule has 0 aliphatic carbocycles. The van der Waals surface area contributed by atoms with Crippen molar-refractivity contribution in [2.45, 2.75) is 266 Å². The molecule has 2 nitrogen and oxygen atoms in total. The fourth-order valence-electron chi connectivity index (χ4n) is 9.42. The van der Waals surface area contributed by atoms with Crippen molar-refractivity contribution in [3.63, 3.8) is 0 Å². The van der Waals surface area contributed by atoms with Crippen LogP contribution in [-0.2, 0) is 42.2 Å². The summed E-state index contributed by atoms with van der Waals surface area (Å²) >= 11 is 0. The number of aryl methyl sites for hydroxylation is 4. The van der Waals surface area contributed by atoms with Gasteiger partial charge < -0.3 is 20.4 Å². The molecule has 0 spiro atoms. The first-order chi connectivity index (χ1) is 29.0. The first-order valence-corrected chi connectivity index (χ1v) is 26.2. The van der Waals surface area contributed by atoms with E-state index in [-0.39, 0.29) is 31.3 Å². The molecule has 0 bridgehead atoms. The van der Waals surface area contributed by atoms with Crippen molar-refractivity contribution in [2.24, 2.45) is 0 Å². The van der Waals surface area contributed by atoms with Crippen LogP contribution in [0.4, 0.5) is 0 Å². The van der Waals surface area contributed by atoms with Gasteiger partial charge >= 0.3 is 16.5 Å². The van der Waals surface area contributed by atoms with Gasteiger partial charge in [-0.05, 0) is 124 Å². The Labute approximate surface area is 398 Å². The Morgan fingerprint density at radius 3 is 0.806 bits per heavy atom. The van der Waals surface area contributed by atoms with Crippen LogP contribution in [0.3, 0.4) is 0 Å². The van der Waals surface area contributed by atoms with Gasteiger partial charge in [0.1, 0.15) is 0 Å². The fourth-order valence-corrected chi connectivity index (χ4v) is 9.42. The molecule has 0 saturated carbocycles. The zero-order chi connectivity index (χ0) is 42.3. The zero-order valence-corrected chi connectivity index (χ0v) is 43.4. The molecular weight excluding hydrogens is 795 g/mol. The molecule has 356 valence electrons. The molecule has 0 aromatic heterocycles. The van der Waals surface area contributed by atoms with E-state index < -0.39 is 0 Å². The van der Waals surface area contributed by atoms with E-state index in [2.05, 4.69) is 77.9 Å². The molecular formula is C59H100N2Ni. The van der Waals surface area contributed by atoms with Crippen LogP contribution >= 0.6 is 0 Å². The third-order valence-electron chi connectivity index (χ3n) is 13.1. The summed E-state index contributed by atoms with van der Waals surface area (Å²) in [4.78, 5) is 0. The number of nitrogens with zero attached hydrogens (tertiary/aromatic N) is 2. The molecule has 0 fully saturated rings. The monoisotopic (exact) mass is 895 g/mol. The Balaban J connectivity index is 0.0000124. The summed E-state index contributed by atoms with van der Waals surface area (Å²) < 4.78 is 1.68. The van der Waals surface area contributed by atoms with E-state index in [0.717, 1.165) is 62.8 Å². The molecule has 0 N–H and O–H groups in total. The van der Waals surface area contributed by atoms with Gasteiger partial charge in [-0.15, -0.1) is 0 Å². The smallest absolute Gasteiger partial charge is 0.493 e. The summed E-state index contributed by atoms with van der Waals surface area (Å²) in [6, 6.07) is 14.7. The molecule has 0 saturated heterocycles. The summed E-state index contributed by atoms with van der Waals surface area (Å²) in [7, 11) is 0. The van der Waals surface area contributed by atoms with Crippen molar-refractivity contribution in [1.29, 1.82) is 0 Å². The number of hydrogen-bond donors (Lipinski definition) is 0. The summed E-state index contributed by atoms with van der Waals surface area (Å²) in [5.41, 5.74) is 25.8. The van der Waals surface area contributed by atoms with Crippen molar-refractivity contribution in [3.8, 4) is 0 Å². The van der Waals surface area contributed by atoms with Gasteiger partial charge in [0.05, 0.1) is 0 Å². The molecule has 1 heterocycles. The second-order valence-electron chi connectivity index (χ2n) is 18.7. The standard InChI is InChI=1S/C57H94N2.2CH3.Ni/c1-7-13-19-20-21-22-23-24-25-26-27-28-29-30-31-32-33-34-35-41-55-54(40-18-12-6)56(52-44-48(36-14-8-2)42-49(45-52)37-15-9-3)59(58)57(55)53-46-50(38-16-10-4)43-51(47-53)39-17-11-5;;;/h42-47H,7-41H2,1-6H3;2*1H3;/q;2*-1;+2. The minimum absolute atomic E-state index is 0. The maximum absolute atomic E-state index is 12.6. The zero-order valence-electron chi connectivity index (χ0n) is 42.4. The van der Waals surface area contributed by atoms with E-state index in [1.54, 1.807) is 4.70 Å². The second kappa shape index (κ2) is 38.3. The van der Waals surface area contributed by atoms with E-state index in [4.69, 9.17) is 0 Å².